The molecule has 0 aliphatic carbocycles. The van der Waals surface area contributed by atoms with Gasteiger partial charge in [0.1, 0.15) is 0 Å². The van der Waals surface area contributed by atoms with Gasteiger partial charge >= 0.3 is 11.8 Å². The number of anilines is 2. The molecule has 0 aromatic heterocycles. The van der Waals surface area contributed by atoms with E-state index in [4.69, 9.17) is 0 Å². The van der Waals surface area contributed by atoms with Gasteiger partial charge < -0.3 is 15.5 Å². The SMILES string of the molecule is Cc1cccc(C)c1NC(=O)C(=O)NCCc1ccc(N2CCCC2)cc1. The fourth-order valence-corrected chi connectivity index (χ4v) is 3.43. The normalized spacial score (nSPS) is 13.5. The maximum Gasteiger partial charge on any atom is 0.313 e. The Labute approximate surface area is 160 Å². The Morgan fingerprint density at radius 1 is 0.926 bits per heavy atom. The highest BCUT2D eigenvalue weighted by Gasteiger charge is 2.15. The van der Waals surface area contributed by atoms with Gasteiger partial charge in [0.2, 0.25) is 0 Å². The number of amides is 2. The molecule has 0 saturated carbocycles. The summed E-state index contributed by atoms with van der Waals surface area (Å²) in [6.07, 6.45) is 3.22. The van der Waals surface area contributed by atoms with Gasteiger partial charge in [0.15, 0.2) is 0 Å². The molecule has 1 saturated heterocycles. The average molecular weight is 365 g/mol. The van der Waals surface area contributed by atoms with Crippen LogP contribution in [0.5, 0.6) is 0 Å². The number of nitrogens with zero attached hydrogens (tertiary/aromatic N) is 1. The Kier molecular flexibility index (Phi) is 6.12. The lowest BCUT2D eigenvalue weighted by atomic mass is 10.1. The molecule has 142 valence electrons. The number of hydrogen-bond acceptors (Lipinski definition) is 3. The summed E-state index contributed by atoms with van der Waals surface area (Å²) in [5.41, 5.74) is 4.99. The highest BCUT2D eigenvalue weighted by atomic mass is 16.2. The first-order valence-corrected chi connectivity index (χ1v) is 9.54. The fourth-order valence-electron chi connectivity index (χ4n) is 3.43. The van der Waals surface area contributed by atoms with Crippen molar-refractivity contribution < 1.29 is 9.59 Å². The summed E-state index contributed by atoms with van der Waals surface area (Å²) in [6.45, 7) is 6.51. The summed E-state index contributed by atoms with van der Waals surface area (Å²) in [5.74, 6) is -1.23. The molecule has 2 N–H and O–H groups in total. The van der Waals surface area contributed by atoms with Gasteiger partial charge in [0, 0.05) is 31.0 Å². The first-order chi connectivity index (χ1) is 13.0. The van der Waals surface area contributed by atoms with E-state index in [9.17, 15) is 9.59 Å². The van der Waals surface area contributed by atoms with Gasteiger partial charge in [-0.2, -0.15) is 0 Å². The lowest BCUT2D eigenvalue weighted by molar-refractivity contribution is -0.136. The first kappa shape index (κ1) is 19.0. The topological polar surface area (TPSA) is 61.4 Å². The zero-order valence-corrected chi connectivity index (χ0v) is 16.0. The molecule has 3 rings (SSSR count). The first-order valence-electron chi connectivity index (χ1n) is 9.54. The van der Waals surface area contributed by atoms with Crippen molar-refractivity contribution in [3.8, 4) is 0 Å². The zero-order chi connectivity index (χ0) is 19.2. The molecular formula is C22H27N3O2. The van der Waals surface area contributed by atoms with Crippen molar-refractivity contribution >= 4 is 23.2 Å². The highest BCUT2D eigenvalue weighted by molar-refractivity contribution is 6.39. The van der Waals surface area contributed by atoms with Crippen LogP contribution in [0.25, 0.3) is 0 Å². The van der Waals surface area contributed by atoms with Crippen LogP contribution in [-0.4, -0.2) is 31.4 Å². The minimum absolute atomic E-state index is 0.433. The number of hydrogen-bond donors (Lipinski definition) is 2. The summed E-state index contributed by atoms with van der Waals surface area (Å²) < 4.78 is 0. The molecule has 0 unspecified atom stereocenters. The number of rotatable bonds is 5. The van der Waals surface area contributed by atoms with E-state index in [0.717, 1.165) is 29.8 Å². The largest absolute Gasteiger partial charge is 0.372 e. The molecule has 5 nitrogen and oxygen atoms in total. The molecule has 0 atom stereocenters. The van der Waals surface area contributed by atoms with Crippen molar-refractivity contribution in [1.82, 2.24) is 5.32 Å². The molecule has 27 heavy (non-hydrogen) atoms. The van der Waals surface area contributed by atoms with Crippen LogP contribution in [-0.2, 0) is 16.0 Å². The Morgan fingerprint density at radius 3 is 2.19 bits per heavy atom. The minimum Gasteiger partial charge on any atom is -0.372 e. The molecule has 1 fully saturated rings. The number of para-hydroxylation sites is 1. The smallest absolute Gasteiger partial charge is 0.313 e. The van der Waals surface area contributed by atoms with Gasteiger partial charge in [0.05, 0.1) is 0 Å². The van der Waals surface area contributed by atoms with Gasteiger partial charge in [-0.15, -0.1) is 0 Å². The van der Waals surface area contributed by atoms with Crippen molar-refractivity contribution in [2.24, 2.45) is 0 Å². The summed E-state index contributed by atoms with van der Waals surface area (Å²) >= 11 is 0. The summed E-state index contributed by atoms with van der Waals surface area (Å²) in [5, 5.41) is 5.41. The van der Waals surface area contributed by atoms with E-state index in [1.165, 1.54) is 18.5 Å². The summed E-state index contributed by atoms with van der Waals surface area (Å²) in [4.78, 5) is 26.6. The Hall–Kier alpha value is -2.82. The number of aryl methyl sites for hydroxylation is 2. The molecule has 5 heteroatoms. The maximum absolute atomic E-state index is 12.1. The number of nitrogens with one attached hydrogen (secondary N) is 2. The van der Waals surface area contributed by atoms with E-state index in [2.05, 4.69) is 39.8 Å². The molecule has 2 aromatic rings. The summed E-state index contributed by atoms with van der Waals surface area (Å²) in [7, 11) is 0. The van der Waals surface area contributed by atoms with E-state index in [1.54, 1.807) is 0 Å². The second-order valence-electron chi connectivity index (χ2n) is 7.09. The average Bonchev–Trinajstić information content (AvgIpc) is 3.20. The van der Waals surface area contributed by atoms with E-state index in [1.807, 2.05) is 32.0 Å². The van der Waals surface area contributed by atoms with Crippen LogP contribution in [0.15, 0.2) is 42.5 Å². The zero-order valence-electron chi connectivity index (χ0n) is 16.0. The van der Waals surface area contributed by atoms with Crippen LogP contribution in [0.2, 0.25) is 0 Å². The molecule has 0 radical (unpaired) electrons. The molecule has 0 bridgehead atoms. The third kappa shape index (κ3) is 4.88. The van der Waals surface area contributed by atoms with Gasteiger partial charge in [-0.3, -0.25) is 9.59 Å². The predicted octanol–water partition coefficient (Wildman–Crippen LogP) is 3.20. The highest BCUT2D eigenvalue weighted by Crippen LogP contribution is 2.21. The van der Waals surface area contributed by atoms with Crippen molar-refractivity contribution in [3.05, 3.63) is 59.2 Å². The molecule has 2 amide bonds. The lowest BCUT2D eigenvalue weighted by Crippen LogP contribution is -2.36. The maximum atomic E-state index is 12.1. The fraction of sp³-hybridized carbons (Fsp3) is 0.364. The molecule has 1 aliphatic rings. The van der Waals surface area contributed by atoms with Crippen LogP contribution in [0.1, 0.15) is 29.5 Å². The van der Waals surface area contributed by atoms with E-state index < -0.39 is 11.8 Å². The van der Waals surface area contributed by atoms with Crippen LogP contribution in [0.4, 0.5) is 11.4 Å². The van der Waals surface area contributed by atoms with Gasteiger partial charge in [-0.05, 0) is 61.9 Å². The van der Waals surface area contributed by atoms with Crippen LogP contribution >= 0.6 is 0 Å². The Bertz CT molecular complexity index is 789. The number of carbonyl (C=O) groups is 2. The quantitative estimate of drug-likeness (QED) is 0.800. The number of benzene rings is 2. The molecule has 1 aliphatic heterocycles. The summed E-state index contributed by atoms with van der Waals surface area (Å²) in [6, 6.07) is 14.2. The Morgan fingerprint density at radius 2 is 1.56 bits per heavy atom. The van der Waals surface area contributed by atoms with Crippen molar-refractivity contribution in [3.63, 3.8) is 0 Å². The third-order valence-electron chi connectivity index (χ3n) is 5.03. The second-order valence-corrected chi connectivity index (χ2v) is 7.09. The standard InChI is InChI=1S/C22H27N3O2/c1-16-6-5-7-17(2)20(16)24-22(27)21(26)23-13-12-18-8-10-19(11-9-18)25-14-3-4-15-25/h5-11H,3-4,12-15H2,1-2H3,(H,23,26)(H,24,27). The van der Waals surface area contributed by atoms with Gasteiger partial charge in [-0.1, -0.05) is 30.3 Å². The molecule has 1 heterocycles. The van der Waals surface area contributed by atoms with Gasteiger partial charge in [-0.25, -0.2) is 0 Å². The molecule has 2 aromatic carbocycles. The Balaban J connectivity index is 1.47. The number of carbonyl (C=O) groups excluding carboxylic acids is 2. The van der Waals surface area contributed by atoms with Gasteiger partial charge in [0.25, 0.3) is 0 Å². The van der Waals surface area contributed by atoms with E-state index in [0.29, 0.717) is 18.7 Å². The van der Waals surface area contributed by atoms with Crippen LogP contribution in [0.3, 0.4) is 0 Å². The van der Waals surface area contributed by atoms with Crippen molar-refractivity contribution in [2.75, 3.05) is 29.9 Å². The minimum atomic E-state index is -0.628. The monoisotopic (exact) mass is 365 g/mol. The van der Waals surface area contributed by atoms with Crippen LogP contribution in [0, 0.1) is 13.8 Å². The van der Waals surface area contributed by atoms with Crippen molar-refractivity contribution in [1.29, 1.82) is 0 Å². The van der Waals surface area contributed by atoms with Crippen molar-refractivity contribution in [2.45, 2.75) is 33.1 Å². The third-order valence-corrected chi connectivity index (χ3v) is 5.03. The lowest BCUT2D eigenvalue weighted by Gasteiger charge is -2.17. The molecular weight excluding hydrogens is 338 g/mol. The van der Waals surface area contributed by atoms with E-state index >= 15 is 0 Å². The molecule has 0 spiro atoms. The van der Waals surface area contributed by atoms with Crippen LogP contribution < -0.4 is 15.5 Å². The predicted molar refractivity (Wildman–Crippen MR) is 109 cm³/mol. The second kappa shape index (κ2) is 8.71. The van der Waals surface area contributed by atoms with E-state index in [-0.39, 0.29) is 0 Å².